The fraction of sp³-hybridized carbons (Fsp3) is 0.0909. The second-order valence-corrected chi connectivity index (χ2v) is 7.22. The number of amides is 1. The average molecular weight is 424 g/mol. The summed E-state index contributed by atoms with van der Waals surface area (Å²) < 4.78 is 25.8. The van der Waals surface area contributed by atoms with E-state index in [0.717, 1.165) is 16.7 Å². The van der Waals surface area contributed by atoms with Crippen LogP contribution in [0.1, 0.15) is 16.1 Å². The van der Waals surface area contributed by atoms with Crippen molar-refractivity contribution in [2.24, 2.45) is 0 Å². The molecular weight excluding hydrogens is 409 g/mol. The summed E-state index contributed by atoms with van der Waals surface area (Å²) in [5, 5.41) is 2.91. The Kier molecular flexibility index (Phi) is 4.52. The van der Waals surface area contributed by atoms with Crippen molar-refractivity contribution in [3.05, 3.63) is 83.0 Å². The number of carbonyl (C=O) groups is 1. The van der Waals surface area contributed by atoms with Crippen LogP contribution >= 0.6 is 11.6 Å². The lowest BCUT2D eigenvalue weighted by atomic mass is 10.1. The highest BCUT2D eigenvalue weighted by atomic mass is 35.5. The second kappa shape index (κ2) is 7.35. The summed E-state index contributed by atoms with van der Waals surface area (Å²) in [6.07, 6.45) is 3.47. The molecule has 0 radical (unpaired) electrons. The van der Waals surface area contributed by atoms with Gasteiger partial charge in [0.1, 0.15) is 17.2 Å². The number of aromatic nitrogens is 2. The molecule has 2 aromatic carbocycles. The SMILES string of the molecule is O=C(NCc1ccc2c(c1)OCO2)c1cn2cc(-c3ccc(F)c(Cl)c3)ccc2n1. The van der Waals surface area contributed by atoms with Gasteiger partial charge in [0, 0.05) is 18.9 Å². The Morgan fingerprint density at radius 1 is 1.07 bits per heavy atom. The summed E-state index contributed by atoms with van der Waals surface area (Å²) in [6, 6.07) is 13.7. The molecule has 0 saturated heterocycles. The van der Waals surface area contributed by atoms with Gasteiger partial charge in [-0.1, -0.05) is 23.7 Å². The summed E-state index contributed by atoms with van der Waals surface area (Å²) in [5.74, 6) is 0.611. The molecule has 30 heavy (non-hydrogen) atoms. The molecule has 5 rings (SSSR count). The van der Waals surface area contributed by atoms with Gasteiger partial charge in [-0.05, 0) is 53.1 Å². The molecule has 0 unspecified atom stereocenters. The van der Waals surface area contributed by atoms with Gasteiger partial charge in [0.15, 0.2) is 11.5 Å². The summed E-state index contributed by atoms with van der Waals surface area (Å²) >= 11 is 5.88. The monoisotopic (exact) mass is 423 g/mol. The van der Waals surface area contributed by atoms with Crippen LogP contribution in [-0.4, -0.2) is 22.1 Å². The topological polar surface area (TPSA) is 64.9 Å². The molecule has 0 spiro atoms. The first-order valence-corrected chi connectivity index (χ1v) is 9.55. The van der Waals surface area contributed by atoms with Crippen LogP contribution in [0.4, 0.5) is 4.39 Å². The molecule has 3 heterocycles. The Labute approximate surface area is 175 Å². The van der Waals surface area contributed by atoms with Crippen LogP contribution < -0.4 is 14.8 Å². The first kappa shape index (κ1) is 18.4. The van der Waals surface area contributed by atoms with Crippen molar-refractivity contribution in [1.29, 1.82) is 0 Å². The molecule has 150 valence electrons. The van der Waals surface area contributed by atoms with E-state index in [1.165, 1.54) is 6.07 Å². The number of carbonyl (C=O) groups excluding carboxylic acids is 1. The Hall–Kier alpha value is -3.58. The summed E-state index contributed by atoms with van der Waals surface area (Å²) in [6.45, 7) is 0.543. The number of fused-ring (bicyclic) bond motifs is 2. The number of pyridine rings is 1. The minimum absolute atomic E-state index is 0.0572. The fourth-order valence-electron chi connectivity index (χ4n) is 3.27. The van der Waals surface area contributed by atoms with Crippen LogP contribution in [0.3, 0.4) is 0 Å². The normalized spacial score (nSPS) is 12.3. The highest BCUT2D eigenvalue weighted by Gasteiger charge is 2.15. The standard InChI is InChI=1S/C22H15ClFN3O3/c23-16-8-14(2-4-17(16)24)15-3-6-21-26-18(11-27(21)10-15)22(28)25-9-13-1-5-19-20(7-13)30-12-29-19/h1-8,10-11H,9,12H2,(H,25,28). The predicted molar refractivity (Wildman–Crippen MR) is 109 cm³/mol. The first-order valence-electron chi connectivity index (χ1n) is 9.18. The van der Waals surface area contributed by atoms with Gasteiger partial charge in [-0.25, -0.2) is 9.37 Å². The number of halogens is 2. The minimum Gasteiger partial charge on any atom is -0.454 e. The number of rotatable bonds is 4. The Morgan fingerprint density at radius 3 is 2.77 bits per heavy atom. The van der Waals surface area contributed by atoms with Crippen molar-refractivity contribution in [2.75, 3.05) is 6.79 Å². The average Bonchev–Trinajstić information content (AvgIpc) is 3.39. The van der Waals surface area contributed by atoms with Gasteiger partial charge < -0.3 is 19.2 Å². The smallest absolute Gasteiger partial charge is 0.271 e. The Morgan fingerprint density at radius 2 is 1.90 bits per heavy atom. The molecule has 1 N–H and O–H groups in total. The molecular formula is C22H15ClFN3O3. The van der Waals surface area contributed by atoms with E-state index in [4.69, 9.17) is 21.1 Å². The zero-order valence-electron chi connectivity index (χ0n) is 15.6. The number of nitrogens with zero attached hydrogens (tertiary/aromatic N) is 2. The van der Waals surface area contributed by atoms with Crippen LogP contribution in [0.2, 0.25) is 5.02 Å². The number of hydrogen-bond donors (Lipinski definition) is 1. The molecule has 6 nitrogen and oxygen atoms in total. The number of nitrogens with one attached hydrogen (secondary N) is 1. The molecule has 0 fully saturated rings. The third-order valence-electron chi connectivity index (χ3n) is 4.83. The van der Waals surface area contributed by atoms with Crippen molar-refractivity contribution >= 4 is 23.2 Å². The van der Waals surface area contributed by atoms with E-state index in [1.54, 1.807) is 28.8 Å². The molecule has 0 saturated carbocycles. The van der Waals surface area contributed by atoms with Crippen molar-refractivity contribution in [3.63, 3.8) is 0 Å². The van der Waals surface area contributed by atoms with Gasteiger partial charge in [-0.3, -0.25) is 4.79 Å². The van der Waals surface area contributed by atoms with Crippen molar-refractivity contribution in [3.8, 4) is 22.6 Å². The molecule has 2 aromatic heterocycles. The zero-order chi connectivity index (χ0) is 20.7. The van der Waals surface area contributed by atoms with E-state index in [9.17, 15) is 9.18 Å². The van der Waals surface area contributed by atoms with Gasteiger partial charge in [-0.2, -0.15) is 0 Å². The van der Waals surface area contributed by atoms with Crippen LogP contribution in [0.5, 0.6) is 11.5 Å². The number of hydrogen-bond acceptors (Lipinski definition) is 4. The van der Waals surface area contributed by atoms with E-state index in [0.29, 0.717) is 29.4 Å². The number of ether oxygens (including phenoxy) is 2. The van der Waals surface area contributed by atoms with E-state index >= 15 is 0 Å². The maximum atomic E-state index is 13.4. The molecule has 0 aliphatic carbocycles. The van der Waals surface area contributed by atoms with E-state index in [-0.39, 0.29) is 17.7 Å². The van der Waals surface area contributed by atoms with Crippen molar-refractivity contribution < 1.29 is 18.7 Å². The van der Waals surface area contributed by atoms with Gasteiger partial charge >= 0.3 is 0 Å². The lowest BCUT2D eigenvalue weighted by Crippen LogP contribution is -2.23. The number of benzene rings is 2. The molecule has 1 aliphatic rings. The molecule has 8 heteroatoms. The lowest BCUT2D eigenvalue weighted by molar-refractivity contribution is 0.0946. The third kappa shape index (κ3) is 3.44. The molecule has 0 atom stereocenters. The molecule has 0 bridgehead atoms. The molecule has 4 aromatic rings. The Balaban J connectivity index is 1.34. The zero-order valence-corrected chi connectivity index (χ0v) is 16.3. The minimum atomic E-state index is -0.467. The number of imidazole rings is 1. The summed E-state index contributed by atoms with van der Waals surface area (Å²) in [7, 11) is 0. The largest absolute Gasteiger partial charge is 0.454 e. The predicted octanol–water partition coefficient (Wildman–Crippen LogP) is 4.45. The van der Waals surface area contributed by atoms with E-state index < -0.39 is 5.82 Å². The van der Waals surface area contributed by atoms with E-state index in [1.807, 2.05) is 30.5 Å². The van der Waals surface area contributed by atoms with Crippen LogP contribution in [0.25, 0.3) is 16.8 Å². The summed E-state index contributed by atoms with van der Waals surface area (Å²) in [5.41, 5.74) is 3.41. The maximum absolute atomic E-state index is 13.4. The van der Waals surface area contributed by atoms with Gasteiger partial charge in [0.05, 0.1) is 5.02 Å². The fourth-order valence-corrected chi connectivity index (χ4v) is 3.45. The van der Waals surface area contributed by atoms with Crippen LogP contribution in [0, 0.1) is 5.82 Å². The van der Waals surface area contributed by atoms with Crippen molar-refractivity contribution in [2.45, 2.75) is 6.54 Å². The van der Waals surface area contributed by atoms with Gasteiger partial charge in [0.2, 0.25) is 6.79 Å². The third-order valence-corrected chi connectivity index (χ3v) is 5.12. The second-order valence-electron chi connectivity index (χ2n) is 6.81. The highest BCUT2D eigenvalue weighted by molar-refractivity contribution is 6.31. The van der Waals surface area contributed by atoms with Crippen LogP contribution in [0.15, 0.2) is 60.9 Å². The van der Waals surface area contributed by atoms with Crippen LogP contribution in [-0.2, 0) is 6.54 Å². The van der Waals surface area contributed by atoms with E-state index in [2.05, 4.69) is 10.3 Å². The first-order chi connectivity index (χ1) is 14.6. The molecule has 1 aliphatic heterocycles. The molecule has 1 amide bonds. The van der Waals surface area contributed by atoms with Gasteiger partial charge in [0.25, 0.3) is 5.91 Å². The summed E-state index contributed by atoms with van der Waals surface area (Å²) in [4.78, 5) is 16.9. The van der Waals surface area contributed by atoms with Crippen molar-refractivity contribution in [1.82, 2.24) is 14.7 Å². The lowest BCUT2D eigenvalue weighted by Gasteiger charge is -2.04. The Bertz CT molecular complexity index is 1290. The van der Waals surface area contributed by atoms with Gasteiger partial charge in [-0.15, -0.1) is 0 Å². The quantitative estimate of drug-likeness (QED) is 0.526. The highest BCUT2D eigenvalue weighted by Crippen LogP contribution is 2.32. The maximum Gasteiger partial charge on any atom is 0.271 e.